The summed E-state index contributed by atoms with van der Waals surface area (Å²) in [4.78, 5) is 11.8. The lowest BCUT2D eigenvalue weighted by atomic mass is 10.2. The minimum atomic E-state index is -0.130. The highest BCUT2D eigenvalue weighted by molar-refractivity contribution is 7.19. The smallest absolute Gasteiger partial charge is 0.171 e. The van der Waals surface area contributed by atoms with Gasteiger partial charge in [0.2, 0.25) is 0 Å². The van der Waals surface area contributed by atoms with E-state index in [1.54, 1.807) is 0 Å². The van der Waals surface area contributed by atoms with Crippen molar-refractivity contribution in [3.05, 3.63) is 40.8 Å². The summed E-state index contributed by atoms with van der Waals surface area (Å²) in [6.07, 6.45) is 0. The first kappa shape index (κ1) is 12.1. The van der Waals surface area contributed by atoms with Crippen LogP contribution in [-0.4, -0.2) is 5.78 Å². The molecule has 0 aliphatic carbocycles. The van der Waals surface area contributed by atoms with Crippen LogP contribution in [0, 0.1) is 11.3 Å². The second-order valence-corrected chi connectivity index (χ2v) is 4.73. The summed E-state index contributed by atoms with van der Waals surface area (Å²) < 4.78 is 0. The van der Waals surface area contributed by atoms with Crippen molar-refractivity contribution in [3.63, 3.8) is 0 Å². The van der Waals surface area contributed by atoms with Crippen LogP contribution in [0.3, 0.4) is 0 Å². The van der Waals surface area contributed by atoms with Crippen LogP contribution in [0.2, 0.25) is 0 Å². The third-order valence-electron chi connectivity index (χ3n) is 2.41. The van der Waals surface area contributed by atoms with Gasteiger partial charge in [0.15, 0.2) is 5.78 Å². The second kappa shape index (κ2) is 4.90. The number of nitrogen functional groups attached to an aromatic ring is 1. The Morgan fingerprint density at radius 2 is 2.06 bits per heavy atom. The molecule has 0 radical (unpaired) electrons. The quantitative estimate of drug-likeness (QED) is 0.828. The van der Waals surface area contributed by atoms with E-state index in [0.29, 0.717) is 15.4 Å². The summed E-state index contributed by atoms with van der Waals surface area (Å²) in [6, 6.07) is 11.5. The van der Waals surface area contributed by atoms with Crippen molar-refractivity contribution in [2.75, 3.05) is 11.1 Å². The molecule has 2 aromatic rings. The molecule has 0 fully saturated rings. The number of anilines is 3. The average molecular weight is 257 g/mol. The van der Waals surface area contributed by atoms with Gasteiger partial charge in [0, 0.05) is 12.6 Å². The van der Waals surface area contributed by atoms with Gasteiger partial charge in [-0.05, 0) is 12.1 Å². The summed E-state index contributed by atoms with van der Waals surface area (Å²) >= 11 is 1.21. The standard InChI is InChI=1S/C13H11N3OS/c1-8(17)12-11(15)10(7-14)13(18-12)16-9-5-3-2-4-6-9/h2-6,16H,15H2,1H3. The highest BCUT2D eigenvalue weighted by Crippen LogP contribution is 2.37. The number of carbonyl (C=O) groups is 1. The fourth-order valence-electron chi connectivity index (χ4n) is 1.56. The van der Waals surface area contributed by atoms with Gasteiger partial charge in [-0.3, -0.25) is 4.79 Å². The molecule has 0 saturated carbocycles. The summed E-state index contributed by atoms with van der Waals surface area (Å²) in [5.41, 5.74) is 7.23. The maximum atomic E-state index is 11.4. The predicted octanol–water partition coefficient (Wildman–Crippen LogP) is 3.15. The van der Waals surface area contributed by atoms with Crippen LogP contribution in [0.4, 0.5) is 16.4 Å². The number of hydrogen-bond donors (Lipinski definition) is 2. The molecule has 0 aliphatic heterocycles. The number of para-hydroxylation sites is 1. The number of nitrogens with one attached hydrogen (secondary N) is 1. The number of rotatable bonds is 3. The van der Waals surface area contributed by atoms with Crippen molar-refractivity contribution >= 4 is 33.5 Å². The van der Waals surface area contributed by atoms with E-state index in [0.717, 1.165) is 5.69 Å². The fourth-order valence-corrected chi connectivity index (χ4v) is 2.54. The van der Waals surface area contributed by atoms with Crippen molar-refractivity contribution < 1.29 is 4.79 Å². The number of benzene rings is 1. The normalized spacial score (nSPS) is 9.78. The van der Waals surface area contributed by atoms with Gasteiger partial charge in [-0.1, -0.05) is 18.2 Å². The number of nitriles is 1. The first-order valence-corrected chi connectivity index (χ1v) is 6.10. The average Bonchev–Trinajstić information content (AvgIpc) is 2.67. The van der Waals surface area contributed by atoms with Gasteiger partial charge >= 0.3 is 0 Å². The Labute approximate surface area is 109 Å². The second-order valence-electron chi connectivity index (χ2n) is 3.71. The molecular weight excluding hydrogens is 246 g/mol. The zero-order valence-electron chi connectivity index (χ0n) is 9.73. The number of nitrogens with zero attached hydrogens (tertiary/aromatic N) is 1. The van der Waals surface area contributed by atoms with E-state index in [2.05, 4.69) is 5.32 Å². The number of hydrogen-bond acceptors (Lipinski definition) is 5. The van der Waals surface area contributed by atoms with Crippen LogP contribution < -0.4 is 11.1 Å². The largest absolute Gasteiger partial charge is 0.396 e. The molecule has 3 N–H and O–H groups in total. The molecule has 1 heterocycles. The van der Waals surface area contributed by atoms with E-state index in [-0.39, 0.29) is 11.5 Å². The van der Waals surface area contributed by atoms with Crippen LogP contribution in [0.1, 0.15) is 22.2 Å². The topological polar surface area (TPSA) is 78.9 Å². The molecule has 1 aromatic heterocycles. The Balaban J connectivity index is 2.43. The van der Waals surface area contributed by atoms with Gasteiger partial charge in [-0.15, -0.1) is 11.3 Å². The fraction of sp³-hybridized carbons (Fsp3) is 0.0769. The van der Waals surface area contributed by atoms with Gasteiger partial charge in [0.1, 0.15) is 16.6 Å². The zero-order valence-corrected chi connectivity index (χ0v) is 10.5. The molecule has 0 bridgehead atoms. The maximum absolute atomic E-state index is 11.4. The number of Topliss-reactive ketones (excluding diaryl/α,β-unsaturated/α-hetero) is 1. The number of thiophene rings is 1. The Morgan fingerprint density at radius 3 is 2.61 bits per heavy atom. The predicted molar refractivity (Wildman–Crippen MR) is 73.2 cm³/mol. The third-order valence-corrected chi connectivity index (χ3v) is 3.63. The van der Waals surface area contributed by atoms with Crippen molar-refractivity contribution in [1.29, 1.82) is 5.26 Å². The van der Waals surface area contributed by atoms with E-state index in [9.17, 15) is 4.79 Å². The molecule has 0 amide bonds. The number of nitrogens with two attached hydrogens (primary N) is 1. The van der Waals surface area contributed by atoms with Gasteiger partial charge in [0.25, 0.3) is 0 Å². The molecule has 0 saturated heterocycles. The number of carbonyl (C=O) groups excluding carboxylic acids is 1. The molecule has 0 unspecified atom stereocenters. The number of ketones is 1. The SMILES string of the molecule is CC(=O)c1sc(Nc2ccccc2)c(C#N)c1N. The van der Waals surface area contributed by atoms with Gasteiger partial charge in [0.05, 0.1) is 10.6 Å². The lowest BCUT2D eigenvalue weighted by Crippen LogP contribution is -1.96. The first-order valence-electron chi connectivity index (χ1n) is 5.29. The van der Waals surface area contributed by atoms with E-state index < -0.39 is 0 Å². The molecule has 18 heavy (non-hydrogen) atoms. The van der Waals surface area contributed by atoms with Gasteiger partial charge in [-0.2, -0.15) is 5.26 Å². The van der Waals surface area contributed by atoms with E-state index in [1.165, 1.54) is 18.3 Å². The van der Waals surface area contributed by atoms with Crippen LogP contribution in [0.15, 0.2) is 30.3 Å². The molecule has 5 heteroatoms. The minimum absolute atomic E-state index is 0.130. The van der Waals surface area contributed by atoms with Crippen molar-refractivity contribution in [3.8, 4) is 6.07 Å². The summed E-state index contributed by atoms with van der Waals surface area (Å²) in [5.74, 6) is -0.130. The highest BCUT2D eigenvalue weighted by Gasteiger charge is 2.18. The molecule has 0 atom stereocenters. The maximum Gasteiger partial charge on any atom is 0.171 e. The Hall–Kier alpha value is -2.32. The highest BCUT2D eigenvalue weighted by atomic mass is 32.1. The molecule has 0 spiro atoms. The third kappa shape index (κ3) is 2.19. The molecule has 4 nitrogen and oxygen atoms in total. The van der Waals surface area contributed by atoms with Crippen LogP contribution in [0.25, 0.3) is 0 Å². The minimum Gasteiger partial charge on any atom is -0.396 e. The Kier molecular flexibility index (Phi) is 3.31. The lowest BCUT2D eigenvalue weighted by molar-refractivity contribution is 0.102. The van der Waals surface area contributed by atoms with Crippen LogP contribution in [-0.2, 0) is 0 Å². The summed E-state index contributed by atoms with van der Waals surface area (Å²) in [7, 11) is 0. The molecular formula is C13H11N3OS. The van der Waals surface area contributed by atoms with Crippen LogP contribution >= 0.6 is 11.3 Å². The van der Waals surface area contributed by atoms with E-state index in [1.807, 2.05) is 36.4 Å². The van der Waals surface area contributed by atoms with Crippen molar-refractivity contribution in [2.24, 2.45) is 0 Å². The van der Waals surface area contributed by atoms with Gasteiger partial charge < -0.3 is 11.1 Å². The zero-order chi connectivity index (χ0) is 13.1. The molecule has 1 aromatic carbocycles. The van der Waals surface area contributed by atoms with Crippen molar-refractivity contribution in [2.45, 2.75) is 6.92 Å². The van der Waals surface area contributed by atoms with Crippen LogP contribution in [0.5, 0.6) is 0 Å². The van der Waals surface area contributed by atoms with E-state index in [4.69, 9.17) is 11.0 Å². The molecule has 90 valence electrons. The molecule has 0 aliphatic rings. The molecule has 2 rings (SSSR count). The monoisotopic (exact) mass is 257 g/mol. The Morgan fingerprint density at radius 1 is 1.39 bits per heavy atom. The lowest BCUT2D eigenvalue weighted by Gasteiger charge is -2.03. The van der Waals surface area contributed by atoms with Crippen molar-refractivity contribution in [1.82, 2.24) is 0 Å². The summed E-state index contributed by atoms with van der Waals surface area (Å²) in [5, 5.41) is 12.8. The van der Waals surface area contributed by atoms with Gasteiger partial charge in [-0.25, -0.2) is 0 Å². The first-order chi connectivity index (χ1) is 8.63. The summed E-state index contributed by atoms with van der Waals surface area (Å²) in [6.45, 7) is 1.44. The van der Waals surface area contributed by atoms with E-state index >= 15 is 0 Å². The Bertz CT molecular complexity index is 626.